The minimum absolute atomic E-state index is 0.118. The summed E-state index contributed by atoms with van der Waals surface area (Å²) in [5, 5.41) is 0. The molecule has 4 heteroatoms. The normalized spacial score (nSPS) is 9.87. The molecule has 4 nitrogen and oxygen atoms in total. The van der Waals surface area contributed by atoms with E-state index in [0.29, 0.717) is 5.56 Å². The van der Waals surface area contributed by atoms with E-state index in [4.69, 9.17) is 4.74 Å². The first kappa shape index (κ1) is 16.5. The van der Waals surface area contributed by atoms with Gasteiger partial charge in [0.15, 0.2) is 5.78 Å². The molecule has 0 N–H and O–H groups in total. The van der Waals surface area contributed by atoms with Crippen LogP contribution in [0.2, 0.25) is 0 Å². The number of rotatable bonds is 6. The smallest absolute Gasteiger partial charge is 0.200 e. The first-order valence-electron chi connectivity index (χ1n) is 7.24. The average molecular weight is 309 g/mol. The monoisotopic (exact) mass is 309 g/mol. The number of benzene rings is 2. The molecule has 0 fully saturated rings. The number of methoxy groups -OCH3 is 1. The fourth-order valence-electron chi connectivity index (χ4n) is 2.20. The summed E-state index contributed by atoms with van der Waals surface area (Å²) in [6.45, 7) is 0. The Balaban J connectivity index is 2.16. The van der Waals surface area contributed by atoms with Crippen molar-refractivity contribution in [3.8, 4) is 5.75 Å². The van der Waals surface area contributed by atoms with Gasteiger partial charge >= 0.3 is 0 Å². The van der Waals surface area contributed by atoms with Gasteiger partial charge < -0.3 is 9.64 Å². The number of nitrogens with zero attached hydrogens (tertiary/aromatic N) is 1. The summed E-state index contributed by atoms with van der Waals surface area (Å²) in [5.74, 6) is 2.23. The minimum Gasteiger partial charge on any atom is -0.497 e. The zero-order valence-corrected chi connectivity index (χ0v) is 13.5. The number of carbonyl (C=O) groups is 1. The molecule has 0 saturated heterocycles. The van der Waals surface area contributed by atoms with Crippen molar-refractivity contribution in [2.45, 2.75) is 6.42 Å². The SMILES string of the molecule is COc1ccc(CC(=C=O)C(=O)c2ccc(N(C)C)cc2)cc1. The molecule has 0 aliphatic carbocycles. The summed E-state index contributed by atoms with van der Waals surface area (Å²) in [5.41, 5.74) is 2.46. The van der Waals surface area contributed by atoms with Crippen LogP contribution in [0.4, 0.5) is 5.69 Å². The highest BCUT2D eigenvalue weighted by atomic mass is 16.5. The Kier molecular flexibility index (Phi) is 5.34. The fraction of sp³-hybridized carbons (Fsp3) is 0.211. The van der Waals surface area contributed by atoms with Gasteiger partial charge in [-0.3, -0.25) is 4.79 Å². The van der Waals surface area contributed by atoms with Crippen LogP contribution in [-0.2, 0) is 11.2 Å². The Hall–Kier alpha value is -2.84. The van der Waals surface area contributed by atoms with Crippen molar-refractivity contribution in [3.63, 3.8) is 0 Å². The van der Waals surface area contributed by atoms with E-state index in [-0.39, 0.29) is 17.8 Å². The number of hydrogen-bond donors (Lipinski definition) is 0. The van der Waals surface area contributed by atoms with E-state index in [1.54, 1.807) is 37.3 Å². The Labute approximate surface area is 136 Å². The van der Waals surface area contributed by atoms with Crippen molar-refractivity contribution >= 4 is 17.4 Å². The maximum absolute atomic E-state index is 12.4. The second kappa shape index (κ2) is 7.43. The van der Waals surface area contributed by atoms with Crippen molar-refractivity contribution in [3.05, 3.63) is 65.2 Å². The summed E-state index contributed by atoms with van der Waals surface area (Å²) in [6.07, 6.45) is 0.252. The number of hydrogen-bond acceptors (Lipinski definition) is 4. The quantitative estimate of drug-likeness (QED) is 0.467. The zero-order valence-electron chi connectivity index (χ0n) is 13.5. The minimum atomic E-state index is -0.291. The molecule has 0 atom stereocenters. The van der Waals surface area contributed by atoms with Crippen molar-refractivity contribution in [2.75, 3.05) is 26.1 Å². The highest BCUT2D eigenvalue weighted by molar-refractivity contribution is 6.13. The molecule has 23 heavy (non-hydrogen) atoms. The Morgan fingerprint density at radius 1 is 1.04 bits per heavy atom. The molecule has 2 aromatic rings. The molecule has 0 bridgehead atoms. The van der Waals surface area contributed by atoms with E-state index in [1.165, 1.54) is 0 Å². The lowest BCUT2D eigenvalue weighted by Gasteiger charge is -2.12. The molecule has 2 rings (SSSR count). The average Bonchev–Trinajstić information content (AvgIpc) is 2.59. The van der Waals surface area contributed by atoms with Crippen molar-refractivity contribution in [1.29, 1.82) is 0 Å². The van der Waals surface area contributed by atoms with E-state index in [1.807, 2.05) is 43.3 Å². The number of Topliss-reactive ketones (excluding diaryl/α,β-unsaturated/α-hetero) is 1. The molecule has 2 aromatic carbocycles. The van der Waals surface area contributed by atoms with Crippen LogP contribution in [0.25, 0.3) is 0 Å². The summed E-state index contributed by atoms with van der Waals surface area (Å²) in [6, 6.07) is 14.4. The Bertz CT molecular complexity index is 724. The maximum atomic E-state index is 12.4. The van der Waals surface area contributed by atoms with Gasteiger partial charge in [-0.2, -0.15) is 0 Å². The van der Waals surface area contributed by atoms with E-state index in [9.17, 15) is 9.59 Å². The molecule has 0 unspecified atom stereocenters. The van der Waals surface area contributed by atoms with Crippen LogP contribution in [0.1, 0.15) is 15.9 Å². The molecule has 0 spiro atoms. The van der Waals surface area contributed by atoms with Gasteiger partial charge in [-0.05, 0) is 42.0 Å². The lowest BCUT2D eigenvalue weighted by Crippen LogP contribution is -2.10. The maximum Gasteiger partial charge on any atom is 0.200 e. The van der Waals surface area contributed by atoms with Gasteiger partial charge in [0, 0.05) is 31.8 Å². The molecule has 0 aromatic heterocycles. The second-order valence-corrected chi connectivity index (χ2v) is 5.38. The molecule has 0 aliphatic rings. The zero-order chi connectivity index (χ0) is 16.8. The number of carbonyl (C=O) groups excluding carboxylic acids is 2. The van der Waals surface area contributed by atoms with Gasteiger partial charge in [0.05, 0.1) is 12.7 Å². The van der Waals surface area contributed by atoms with Crippen LogP contribution in [0.5, 0.6) is 5.75 Å². The topological polar surface area (TPSA) is 46.6 Å². The van der Waals surface area contributed by atoms with E-state index < -0.39 is 0 Å². The number of ketones is 1. The predicted molar refractivity (Wildman–Crippen MR) is 91.0 cm³/mol. The fourth-order valence-corrected chi connectivity index (χ4v) is 2.20. The molecular formula is C19H19NO3. The van der Waals surface area contributed by atoms with E-state index >= 15 is 0 Å². The lowest BCUT2D eigenvalue weighted by molar-refractivity contribution is 0.103. The Morgan fingerprint density at radius 3 is 2.13 bits per heavy atom. The van der Waals surface area contributed by atoms with Crippen LogP contribution in [0.15, 0.2) is 54.1 Å². The first-order chi connectivity index (χ1) is 11.0. The lowest BCUT2D eigenvalue weighted by atomic mass is 9.98. The molecule has 0 heterocycles. The third kappa shape index (κ3) is 4.09. The van der Waals surface area contributed by atoms with Gasteiger partial charge in [-0.1, -0.05) is 12.1 Å². The van der Waals surface area contributed by atoms with Crippen LogP contribution >= 0.6 is 0 Å². The first-order valence-corrected chi connectivity index (χ1v) is 7.24. The third-order valence-corrected chi connectivity index (χ3v) is 3.58. The molecule has 0 saturated carbocycles. The van der Waals surface area contributed by atoms with Crippen molar-refractivity contribution < 1.29 is 14.3 Å². The molecular weight excluding hydrogens is 290 g/mol. The predicted octanol–water partition coefficient (Wildman–Crippen LogP) is 2.94. The summed E-state index contributed by atoms with van der Waals surface area (Å²) >= 11 is 0. The van der Waals surface area contributed by atoms with Crippen molar-refractivity contribution in [2.24, 2.45) is 0 Å². The van der Waals surface area contributed by atoms with Gasteiger partial charge in [-0.15, -0.1) is 0 Å². The molecule has 0 aliphatic heterocycles. The summed E-state index contributed by atoms with van der Waals surface area (Å²) in [7, 11) is 5.45. The van der Waals surface area contributed by atoms with Gasteiger partial charge in [0.2, 0.25) is 0 Å². The molecule has 0 radical (unpaired) electrons. The van der Waals surface area contributed by atoms with Crippen LogP contribution in [0, 0.1) is 0 Å². The highest BCUT2D eigenvalue weighted by Gasteiger charge is 2.14. The summed E-state index contributed by atoms with van der Waals surface area (Å²) < 4.78 is 5.09. The molecule has 0 amide bonds. The van der Waals surface area contributed by atoms with Gasteiger partial charge in [0.25, 0.3) is 0 Å². The molecule has 118 valence electrons. The van der Waals surface area contributed by atoms with Crippen LogP contribution in [-0.4, -0.2) is 32.9 Å². The second-order valence-electron chi connectivity index (χ2n) is 5.38. The number of allylic oxidation sites excluding steroid dienone is 1. The van der Waals surface area contributed by atoms with E-state index in [2.05, 4.69) is 0 Å². The van der Waals surface area contributed by atoms with Crippen LogP contribution < -0.4 is 9.64 Å². The number of ether oxygens (including phenoxy) is 1. The summed E-state index contributed by atoms with van der Waals surface area (Å²) in [4.78, 5) is 25.6. The van der Waals surface area contributed by atoms with Gasteiger partial charge in [-0.25, -0.2) is 4.79 Å². The van der Waals surface area contributed by atoms with Crippen LogP contribution in [0.3, 0.4) is 0 Å². The standard InChI is InChI=1S/C19H19NO3/c1-20(2)17-8-6-15(7-9-17)19(22)16(13-21)12-14-4-10-18(23-3)11-5-14/h4-11H,12H2,1-3H3. The highest BCUT2D eigenvalue weighted by Crippen LogP contribution is 2.18. The Morgan fingerprint density at radius 2 is 1.65 bits per heavy atom. The largest absolute Gasteiger partial charge is 0.497 e. The van der Waals surface area contributed by atoms with Gasteiger partial charge in [0.1, 0.15) is 11.7 Å². The third-order valence-electron chi connectivity index (χ3n) is 3.58. The number of anilines is 1. The van der Waals surface area contributed by atoms with Crippen molar-refractivity contribution in [1.82, 2.24) is 0 Å². The van der Waals surface area contributed by atoms with E-state index in [0.717, 1.165) is 17.0 Å².